The largest absolute Gasteiger partial charge is 0.493 e. The molecule has 1 fully saturated rings. The number of oxime groups is 1. The van der Waals surface area contributed by atoms with Crippen molar-refractivity contribution >= 4 is 45.8 Å². The summed E-state index contributed by atoms with van der Waals surface area (Å²) < 4.78 is 11.0. The maximum atomic E-state index is 11.8. The molecule has 0 bridgehead atoms. The summed E-state index contributed by atoms with van der Waals surface area (Å²) in [5.74, 6) is 0.708. The minimum absolute atomic E-state index is 0.0393. The summed E-state index contributed by atoms with van der Waals surface area (Å²) in [6, 6.07) is 22.9. The van der Waals surface area contributed by atoms with E-state index in [1.165, 1.54) is 7.11 Å². The van der Waals surface area contributed by atoms with Crippen LogP contribution in [0.1, 0.15) is 28.9 Å². The summed E-state index contributed by atoms with van der Waals surface area (Å²) in [4.78, 5) is 22.0. The number of esters is 1. The number of ether oxygens (including phenoxy) is 2. The van der Waals surface area contributed by atoms with Gasteiger partial charge in [-0.05, 0) is 72.4 Å². The van der Waals surface area contributed by atoms with Crippen LogP contribution in [-0.2, 0) is 9.57 Å². The fraction of sp³-hybridized carbons (Fsp3) is 0.233. The first-order valence-electron chi connectivity index (χ1n) is 12.4. The molecule has 8 heteroatoms. The van der Waals surface area contributed by atoms with Crippen molar-refractivity contribution in [3.8, 4) is 16.9 Å². The second-order valence-electron chi connectivity index (χ2n) is 9.52. The van der Waals surface area contributed by atoms with Gasteiger partial charge in [-0.2, -0.15) is 0 Å². The number of hydrogen-bond donors (Lipinski definition) is 0. The minimum Gasteiger partial charge on any atom is -0.493 e. The van der Waals surface area contributed by atoms with Crippen molar-refractivity contribution in [2.24, 2.45) is 17.0 Å². The first-order valence-corrected chi connectivity index (χ1v) is 13.2. The number of halogens is 2. The first kappa shape index (κ1) is 24.7. The predicted molar refractivity (Wildman–Crippen MR) is 148 cm³/mol. The van der Waals surface area contributed by atoms with E-state index in [0.717, 1.165) is 46.3 Å². The van der Waals surface area contributed by atoms with Gasteiger partial charge in [0.15, 0.2) is 0 Å². The number of carbonyl (C=O) groups is 1. The van der Waals surface area contributed by atoms with Crippen LogP contribution >= 0.6 is 23.2 Å². The van der Waals surface area contributed by atoms with Crippen LogP contribution in [0.2, 0.25) is 10.0 Å². The van der Waals surface area contributed by atoms with E-state index in [4.69, 9.17) is 37.5 Å². The Labute approximate surface area is 230 Å². The molecule has 6 rings (SSSR count). The maximum absolute atomic E-state index is 11.8. The average molecular weight is 547 g/mol. The summed E-state index contributed by atoms with van der Waals surface area (Å²) in [6.07, 6.45) is 2.21. The van der Waals surface area contributed by atoms with Crippen LogP contribution in [0.3, 0.4) is 0 Å². The Kier molecular flexibility index (Phi) is 6.68. The SMILES string of the molecule is COC(=O)c1ccc2cc(-c3ccc(OCC4C(c5c(Cl)cccc5Cl)=NOC4C4CC4)cc3)ccc2n1. The van der Waals surface area contributed by atoms with Crippen molar-refractivity contribution < 1.29 is 19.1 Å². The zero-order valence-corrected chi connectivity index (χ0v) is 22.1. The number of carbonyl (C=O) groups excluding carboxylic acids is 1. The molecule has 2 heterocycles. The van der Waals surface area contributed by atoms with Gasteiger partial charge in [-0.15, -0.1) is 0 Å². The monoisotopic (exact) mass is 546 g/mol. The van der Waals surface area contributed by atoms with E-state index < -0.39 is 5.97 Å². The molecule has 2 unspecified atom stereocenters. The molecule has 1 saturated carbocycles. The third kappa shape index (κ3) is 4.82. The number of fused-ring (bicyclic) bond motifs is 1. The van der Waals surface area contributed by atoms with E-state index >= 15 is 0 Å². The normalized spacial score (nSPS) is 18.7. The van der Waals surface area contributed by atoms with Gasteiger partial charge < -0.3 is 14.3 Å². The number of aromatic nitrogens is 1. The molecule has 1 aliphatic heterocycles. The van der Waals surface area contributed by atoms with Gasteiger partial charge in [0.1, 0.15) is 29.9 Å². The Hall–Kier alpha value is -3.61. The highest BCUT2D eigenvalue weighted by Crippen LogP contribution is 2.43. The van der Waals surface area contributed by atoms with Crippen LogP contribution in [0.15, 0.2) is 78.0 Å². The zero-order valence-electron chi connectivity index (χ0n) is 20.6. The van der Waals surface area contributed by atoms with Crippen molar-refractivity contribution in [3.63, 3.8) is 0 Å². The van der Waals surface area contributed by atoms with Gasteiger partial charge >= 0.3 is 5.97 Å². The molecular weight excluding hydrogens is 523 g/mol. The smallest absolute Gasteiger partial charge is 0.356 e. The van der Waals surface area contributed by atoms with Crippen molar-refractivity contribution in [2.75, 3.05) is 13.7 Å². The molecule has 1 aliphatic carbocycles. The minimum atomic E-state index is -0.451. The number of methoxy groups -OCH3 is 1. The van der Waals surface area contributed by atoms with Gasteiger partial charge in [0.25, 0.3) is 0 Å². The highest BCUT2D eigenvalue weighted by atomic mass is 35.5. The number of rotatable bonds is 7. The van der Waals surface area contributed by atoms with E-state index in [1.54, 1.807) is 6.07 Å². The fourth-order valence-corrected chi connectivity index (χ4v) is 5.45. The molecule has 2 atom stereocenters. The van der Waals surface area contributed by atoms with Gasteiger partial charge in [-0.25, -0.2) is 9.78 Å². The fourth-order valence-electron chi connectivity index (χ4n) is 4.85. The van der Waals surface area contributed by atoms with Gasteiger partial charge in [-0.3, -0.25) is 0 Å². The summed E-state index contributed by atoms with van der Waals surface area (Å²) in [6.45, 7) is 0.408. The van der Waals surface area contributed by atoms with Crippen LogP contribution in [0.25, 0.3) is 22.0 Å². The maximum Gasteiger partial charge on any atom is 0.356 e. The Morgan fingerprint density at radius 1 is 0.974 bits per heavy atom. The molecule has 0 spiro atoms. The molecule has 0 saturated heterocycles. The van der Waals surface area contributed by atoms with Crippen molar-refractivity contribution in [3.05, 3.63) is 94.1 Å². The van der Waals surface area contributed by atoms with Gasteiger partial charge in [0, 0.05) is 10.9 Å². The molecule has 0 N–H and O–H groups in total. The summed E-state index contributed by atoms with van der Waals surface area (Å²) >= 11 is 13.0. The lowest BCUT2D eigenvalue weighted by Crippen LogP contribution is -2.31. The zero-order chi connectivity index (χ0) is 26.2. The van der Waals surface area contributed by atoms with Crippen LogP contribution < -0.4 is 4.74 Å². The average Bonchev–Trinajstić information content (AvgIpc) is 3.71. The summed E-state index contributed by atoms with van der Waals surface area (Å²) in [5.41, 5.74) is 4.56. The van der Waals surface area contributed by atoms with E-state index in [1.807, 2.05) is 66.7 Å². The molecular formula is C30H24Cl2N2O4. The van der Waals surface area contributed by atoms with E-state index in [-0.39, 0.29) is 17.7 Å². The number of pyridine rings is 1. The molecule has 0 amide bonds. The van der Waals surface area contributed by atoms with Crippen molar-refractivity contribution in [2.45, 2.75) is 18.9 Å². The highest BCUT2D eigenvalue weighted by molar-refractivity contribution is 6.40. The highest BCUT2D eigenvalue weighted by Gasteiger charge is 2.46. The lowest BCUT2D eigenvalue weighted by Gasteiger charge is -2.20. The van der Waals surface area contributed by atoms with Crippen LogP contribution in [0.5, 0.6) is 5.75 Å². The molecule has 6 nitrogen and oxygen atoms in total. The first-order chi connectivity index (χ1) is 18.5. The summed E-state index contributed by atoms with van der Waals surface area (Å²) in [7, 11) is 1.35. The van der Waals surface area contributed by atoms with Crippen molar-refractivity contribution in [1.82, 2.24) is 4.98 Å². The number of benzene rings is 3. The summed E-state index contributed by atoms with van der Waals surface area (Å²) in [5, 5.41) is 6.44. The molecule has 38 heavy (non-hydrogen) atoms. The third-order valence-electron chi connectivity index (χ3n) is 7.03. The molecule has 4 aromatic rings. The van der Waals surface area contributed by atoms with E-state index in [9.17, 15) is 4.79 Å². The quantitative estimate of drug-likeness (QED) is 0.229. The second-order valence-corrected chi connectivity index (χ2v) is 10.3. The number of hydrogen-bond acceptors (Lipinski definition) is 6. The van der Waals surface area contributed by atoms with Gasteiger partial charge in [-0.1, -0.05) is 58.7 Å². The Balaban J connectivity index is 1.19. The molecule has 3 aromatic carbocycles. The molecule has 0 radical (unpaired) electrons. The van der Waals surface area contributed by atoms with Crippen molar-refractivity contribution in [1.29, 1.82) is 0 Å². The topological polar surface area (TPSA) is 70.0 Å². The van der Waals surface area contributed by atoms with Crippen LogP contribution in [0, 0.1) is 11.8 Å². The number of nitrogens with zero attached hydrogens (tertiary/aromatic N) is 2. The molecule has 192 valence electrons. The third-order valence-corrected chi connectivity index (χ3v) is 7.66. The molecule has 1 aromatic heterocycles. The van der Waals surface area contributed by atoms with Crippen LogP contribution in [0.4, 0.5) is 0 Å². The van der Waals surface area contributed by atoms with Crippen LogP contribution in [-0.4, -0.2) is 36.5 Å². The van der Waals surface area contributed by atoms with Gasteiger partial charge in [0.05, 0.1) is 28.6 Å². The lowest BCUT2D eigenvalue weighted by atomic mass is 9.90. The Morgan fingerprint density at radius 3 is 2.42 bits per heavy atom. The molecule has 2 aliphatic rings. The second kappa shape index (κ2) is 10.3. The Bertz CT molecular complexity index is 1530. The predicted octanol–water partition coefficient (Wildman–Crippen LogP) is 7.20. The lowest BCUT2D eigenvalue weighted by molar-refractivity contribution is 0.0340. The Morgan fingerprint density at radius 2 is 1.71 bits per heavy atom. The van der Waals surface area contributed by atoms with Gasteiger partial charge in [0.2, 0.25) is 0 Å². The standard InChI is InChI=1S/C30H24Cl2N2O4/c1-36-30(35)26-14-10-20-15-19(9-13-25(20)33-26)17-7-11-21(12-8-17)37-16-22-28(34-38-29(22)18-5-6-18)27-23(31)3-2-4-24(27)32/h2-4,7-15,18,22,29H,5-6,16H2,1H3. The van der Waals surface area contributed by atoms with E-state index in [0.29, 0.717) is 28.1 Å². The van der Waals surface area contributed by atoms with E-state index in [2.05, 4.69) is 10.1 Å².